The van der Waals surface area contributed by atoms with Gasteiger partial charge in [0.15, 0.2) is 0 Å². The van der Waals surface area contributed by atoms with Gasteiger partial charge in [-0.3, -0.25) is 4.90 Å². The highest BCUT2D eigenvalue weighted by Crippen LogP contribution is 2.21. The van der Waals surface area contributed by atoms with Crippen LogP contribution in [-0.2, 0) is 0 Å². The fourth-order valence-electron chi connectivity index (χ4n) is 2.88. The van der Waals surface area contributed by atoms with E-state index in [4.69, 9.17) is 5.73 Å². The molecule has 1 atom stereocenters. The van der Waals surface area contributed by atoms with E-state index in [1.807, 2.05) is 0 Å². The third-order valence-corrected chi connectivity index (χ3v) is 4.01. The van der Waals surface area contributed by atoms with Gasteiger partial charge < -0.3 is 10.6 Å². The van der Waals surface area contributed by atoms with Crippen LogP contribution in [0.4, 0.5) is 0 Å². The van der Waals surface area contributed by atoms with Gasteiger partial charge >= 0.3 is 0 Å². The van der Waals surface area contributed by atoms with Crippen molar-refractivity contribution < 1.29 is 0 Å². The summed E-state index contributed by atoms with van der Waals surface area (Å²) in [7, 11) is 0. The summed E-state index contributed by atoms with van der Waals surface area (Å²) in [4.78, 5) is 5.16. The van der Waals surface area contributed by atoms with Crippen LogP contribution in [0.3, 0.4) is 0 Å². The zero-order valence-electron chi connectivity index (χ0n) is 14.0. The fraction of sp³-hybridized carbons (Fsp3) is 1.00. The molecule has 1 fully saturated rings. The smallest absolute Gasteiger partial charge is 0.0126 e. The van der Waals surface area contributed by atoms with Gasteiger partial charge in [-0.2, -0.15) is 0 Å². The van der Waals surface area contributed by atoms with Gasteiger partial charge in [0.2, 0.25) is 0 Å². The quantitative estimate of drug-likeness (QED) is 0.851. The van der Waals surface area contributed by atoms with Gasteiger partial charge in [-0.05, 0) is 45.6 Å². The van der Waals surface area contributed by atoms with E-state index in [-0.39, 0.29) is 0 Å². The molecule has 0 spiro atoms. The predicted octanol–water partition coefficient (Wildman–Crippen LogP) is 2.56. The number of nitrogens with zero attached hydrogens (tertiary/aromatic N) is 2. The van der Waals surface area contributed by atoms with E-state index in [0.29, 0.717) is 17.0 Å². The molecular formula is C16H35N3. The highest BCUT2D eigenvalue weighted by atomic mass is 15.3. The third kappa shape index (κ3) is 6.73. The van der Waals surface area contributed by atoms with Crippen LogP contribution in [0, 0.1) is 5.41 Å². The van der Waals surface area contributed by atoms with Crippen LogP contribution in [-0.4, -0.2) is 54.1 Å². The Labute approximate surface area is 120 Å². The largest absolute Gasteiger partial charge is 0.328 e. The first-order valence-electron chi connectivity index (χ1n) is 7.81. The maximum atomic E-state index is 6.24. The minimum absolute atomic E-state index is 0.314. The zero-order valence-corrected chi connectivity index (χ0v) is 14.0. The molecule has 0 saturated carbocycles. The highest BCUT2D eigenvalue weighted by molar-refractivity contribution is 4.82. The number of piperazine rings is 1. The summed E-state index contributed by atoms with van der Waals surface area (Å²) >= 11 is 0. The highest BCUT2D eigenvalue weighted by Gasteiger charge is 2.26. The van der Waals surface area contributed by atoms with Crippen molar-refractivity contribution in [3.05, 3.63) is 0 Å². The molecule has 1 heterocycles. The minimum atomic E-state index is 0.314. The molecule has 1 aliphatic rings. The maximum Gasteiger partial charge on any atom is 0.0126 e. The summed E-state index contributed by atoms with van der Waals surface area (Å²) in [5, 5.41) is 0. The van der Waals surface area contributed by atoms with E-state index in [1.165, 1.54) is 26.2 Å². The van der Waals surface area contributed by atoms with Gasteiger partial charge in [0.1, 0.15) is 0 Å². The van der Waals surface area contributed by atoms with Gasteiger partial charge in [0, 0.05) is 37.8 Å². The van der Waals surface area contributed by atoms with Crippen molar-refractivity contribution in [2.24, 2.45) is 11.1 Å². The summed E-state index contributed by atoms with van der Waals surface area (Å²) in [5.41, 5.74) is 6.90. The summed E-state index contributed by atoms with van der Waals surface area (Å²) in [5.74, 6) is 0. The first kappa shape index (κ1) is 16.9. The van der Waals surface area contributed by atoms with Crippen LogP contribution >= 0.6 is 0 Å². The molecule has 114 valence electrons. The van der Waals surface area contributed by atoms with E-state index in [9.17, 15) is 0 Å². The summed E-state index contributed by atoms with van der Waals surface area (Å²) in [6.45, 7) is 19.7. The summed E-state index contributed by atoms with van der Waals surface area (Å²) in [6.07, 6.45) is 2.25. The van der Waals surface area contributed by atoms with E-state index < -0.39 is 0 Å². The topological polar surface area (TPSA) is 32.5 Å². The normalized spacial score (nSPS) is 21.6. The average Bonchev–Trinajstić information content (AvgIpc) is 2.23. The van der Waals surface area contributed by atoms with E-state index in [0.717, 1.165) is 19.4 Å². The summed E-state index contributed by atoms with van der Waals surface area (Å²) in [6, 6.07) is 0.348. The van der Waals surface area contributed by atoms with E-state index in [1.54, 1.807) is 0 Å². The Kier molecular flexibility index (Phi) is 5.84. The molecule has 0 amide bonds. The predicted molar refractivity (Wildman–Crippen MR) is 84.4 cm³/mol. The molecule has 0 aromatic rings. The van der Waals surface area contributed by atoms with Crippen LogP contribution in [0.25, 0.3) is 0 Å². The molecule has 2 N–H and O–H groups in total. The summed E-state index contributed by atoms with van der Waals surface area (Å²) < 4.78 is 0. The van der Waals surface area contributed by atoms with Crippen LogP contribution < -0.4 is 5.73 Å². The van der Waals surface area contributed by atoms with Crippen LogP contribution in [0.2, 0.25) is 0 Å². The first-order valence-corrected chi connectivity index (χ1v) is 7.81. The lowest BCUT2D eigenvalue weighted by atomic mass is 9.87. The molecule has 3 nitrogen and oxygen atoms in total. The van der Waals surface area contributed by atoms with Crippen molar-refractivity contribution in [2.45, 2.75) is 66.0 Å². The molecule has 1 unspecified atom stereocenters. The number of hydrogen-bond donors (Lipinski definition) is 1. The number of hydrogen-bond acceptors (Lipinski definition) is 3. The molecule has 0 radical (unpaired) electrons. The molecule has 0 aromatic heterocycles. The second kappa shape index (κ2) is 6.55. The first-order chi connectivity index (χ1) is 8.58. The maximum absolute atomic E-state index is 6.24. The Morgan fingerprint density at radius 2 is 1.47 bits per heavy atom. The van der Waals surface area contributed by atoms with Crippen molar-refractivity contribution in [3.8, 4) is 0 Å². The lowest BCUT2D eigenvalue weighted by molar-refractivity contribution is 0.0605. The second-order valence-electron chi connectivity index (χ2n) is 8.31. The number of rotatable bonds is 4. The lowest BCUT2D eigenvalue weighted by Crippen LogP contribution is -2.53. The van der Waals surface area contributed by atoms with Crippen molar-refractivity contribution in [2.75, 3.05) is 32.7 Å². The Hall–Kier alpha value is -0.120. The third-order valence-electron chi connectivity index (χ3n) is 4.01. The van der Waals surface area contributed by atoms with Crippen molar-refractivity contribution in [1.29, 1.82) is 0 Å². The van der Waals surface area contributed by atoms with Crippen molar-refractivity contribution in [1.82, 2.24) is 9.80 Å². The lowest BCUT2D eigenvalue weighted by Gasteiger charge is -2.42. The fourth-order valence-corrected chi connectivity index (χ4v) is 2.88. The van der Waals surface area contributed by atoms with Crippen molar-refractivity contribution >= 4 is 0 Å². The molecule has 1 aliphatic heterocycles. The Morgan fingerprint density at radius 3 is 1.89 bits per heavy atom. The molecule has 0 aliphatic carbocycles. The second-order valence-corrected chi connectivity index (χ2v) is 8.31. The molecule has 3 heteroatoms. The average molecular weight is 269 g/mol. The standard InChI is InChI=1S/C16H35N3/c1-15(2,3)13-14(17)7-8-18-9-11-19(12-10-18)16(4,5)6/h14H,7-13,17H2,1-6H3. The van der Waals surface area contributed by atoms with Crippen molar-refractivity contribution in [3.63, 3.8) is 0 Å². The van der Waals surface area contributed by atoms with Gasteiger partial charge in [-0.25, -0.2) is 0 Å². The molecule has 19 heavy (non-hydrogen) atoms. The molecular weight excluding hydrogens is 234 g/mol. The molecule has 0 aromatic carbocycles. The molecule has 1 rings (SSSR count). The monoisotopic (exact) mass is 269 g/mol. The Balaban J connectivity index is 2.23. The Bertz CT molecular complexity index is 254. The van der Waals surface area contributed by atoms with E-state index in [2.05, 4.69) is 51.3 Å². The minimum Gasteiger partial charge on any atom is -0.328 e. The van der Waals surface area contributed by atoms with Crippen LogP contribution in [0.15, 0.2) is 0 Å². The molecule has 0 bridgehead atoms. The van der Waals surface area contributed by atoms with Gasteiger partial charge in [-0.1, -0.05) is 20.8 Å². The Morgan fingerprint density at radius 1 is 0.947 bits per heavy atom. The molecule has 1 saturated heterocycles. The van der Waals surface area contributed by atoms with Gasteiger partial charge in [0.25, 0.3) is 0 Å². The SMILES string of the molecule is CC(C)(C)CC(N)CCN1CCN(C(C)(C)C)CC1. The van der Waals surface area contributed by atoms with Gasteiger partial charge in [0.05, 0.1) is 0 Å². The number of nitrogens with two attached hydrogens (primary N) is 1. The zero-order chi connectivity index (χ0) is 14.7. The van der Waals surface area contributed by atoms with Crippen LogP contribution in [0.5, 0.6) is 0 Å². The van der Waals surface area contributed by atoms with Gasteiger partial charge in [-0.15, -0.1) is 0 Å². The van der Waals surface area contributed by atoms with E-state index >= 15 is 0 Å². The van der Waals surface area contributed by atoms with Crippen LogP contribution in [0.1, 0.15) is 54.4 Å².